The smallest absolute Gasteiger partial charge is 0.236 e. The molecule has 0 radical (unpaired) electrons. The van der Waals surface area contributed by atoms with Crippen LogP contribution in [-0.2, 0) is 28.5 Å². The van der Waals surface area contributed by atoms with Crippen LogP contribution in [-0.4, -0.2) is 114 Å². The summed E-state index contributed by atoms with van der Waals surface area (Å²) in [4.78, 5) is 26.1. The van der Waals surface area contributed by atoms with E-state index in [1.54, 1.807) is 9.80 Å². The number of nitrogens with zero attached hydrogens (tertiary/aromatic N) is 2. The standard InChI is InChI=1S/C16H32N4O6/c17-13-16(22)20-3-7-25-11-9-23-5-1-19(15(18)14-21)2-6-24-10-12-26-8-4-20/h14-15H,1-13,17-18H2. The minimum atomic E-state index is -0.675. The van der Waals surface area contributed by atoms with Crippen molar-refractivity contribution in [3.63, 3.8) is 0 Å². The summed E-state index contributed by atoms with van der Waals surface area (Å²) >= 11 is 0. The molecule has 152 valence electrons. The Kier molecular flexibility index (Phi) is 13.2. The van der Waals surface area contributed by atoms with Gasteiger partial charge in [-0.25, -0.2) is 0 Å². The average molecular weight is 376 g/mol. The van der Waals surface area contributed by atoms with Crippen LogP contribution in [0, 0.1) is 0 Å². The third-order valence-corrected chi connectivity index (χ3v) is 3.89. The number of nitrogens with two attached hydrogens (primary N) is 2. The molecule has 0 aliphatic carbocycles. The van der Waals surface area contributed by atoms with Gasteiger partial charge in [-0.3, -0.25) is 9.69 Å². The third-order valence-electron chi connectivity index (χ3n) is 3.89. The molecule has 1 rings (SSSR count). The summed E-state index contributed by atoms with van der Waals surface area (Å²) in [5.41, 5.74) is 11.2. The van der Waals surface area contributed by atoms with Crippen molar-refractivity contribution in [3.05, 3.63) is 0 Å². The van der Waals surface area contributed by atoms with Gasteiger partial charge in [0.05, 0.1) is 59.4 Å². The zero-order valence-corrected chi connectivity index (χ0v) is 15.3. The molecule has 26 heavy (non-hydrogen) atoms. The van der Waals surface area contributed by atoms with E-state index in [2.05, 4.69) is 0 Å². The number of aldehydes is 1. The summed E-state index contributed by atoms with van der Waals surface area (Å²) in [6.07, 6.45) is 0.0263. The highest BCUT2D eigenvalue weighted by Gasteiger charge is 2.14. The van der Waals surface area contributed by atoms with E-state index >= 15 is 0 Å². The molecule has 1 atom stereocenters. The van der Waals surface area contributed by atoms with E-state index in [-0.39, 0.29) is 12.5 Å². The maximum atomic E-state index is 11.8. The summed E-state index contributed by atoms with van der Waals surface area (Å²) in [7, 11) is 0. The van der Waals surface area contributed by atoms with Gasteiger partial charge in [0.2, 0.25) is 5.91 Å². The fourth-order valence-corrected chi connectivity index (χ4v) is 2.34. The Morgan fingerprint density at radius 2 is 1.27 bits per heavy atom. The Bertz CT molecular complexity index is 368. The fourth-order valence-electron chi connectivity index (χ4n) is 2.34. The van der Waals surface area contributed by atoms with Crippen LogP contribution in [0.2, 0.25) is 0 Å². The normalized spacial score (nSPS) is 22.2. The molecule has 1 amide bonds. The van der Waals surface area contributed by atoms with Crippen molar-refractivity contribution in [2.75, 3.05) is 85.6 Å². The van der Waals surface area contributed by atoms with Gasteiger partial charge in [0.15, 0.2) is 6.29 Å². The van der Waals surface area contributed by atoms with Crippen molar-refractivity contribution in [1.82, 2.24) is 9.80 Å². The van der Waals surface area contributed by atoms with E-state index in [4.69, 9.17) is 30.4 Å². The van der Waals surface area contributed by atoms with Gasteiger partial charge >= 0.3 is 0 Å². The summed E-state index contributed by atoms with van der Waals surface area (Å²) in [5, 5.41) is 0. The summed E-state index contributed by atoms with van der Waals surface area (Å²) in [6.45, 7) is 5.30. The van der Waals surface area contributed by atoms with Gasteiger partial charge < -0.3 is 40.1 Å². The molecular weight excluding hydrogens is 344 g/mol. The lowest BCUT2D eigenvalue weighted by molar-refractivity contribution is -0.131. The van der Waals surface area contributed by atoms with Crippen LogP contribution in [0.5, 0.6) is 0 Å². The molecule has 0 aromatic heterocycles. The topological polar surface area (TPSA) is 130 Å². The third kappa shape index (κ3) is 10.1. The lowest BCUT2D eigenvalue weighted by Gasteiger charge is -2.25. The number of amides is 1. The van der Waals surface area contributed by atoms with Crippen LogP contribution < -0.4 is 11.5 Å². The number of carbonyl (C=O) groups excluding carboxylic acids is 2. The molecule has 1 aliphatic heterocycles. The monoisotopic (exact) mass is 376 g/mol. The second kappa shape index (κ2) is 15.0. The Morgan fingerprint density at radius 1 is 0.846 bits per heavy atom. The van der Waals surface area contributed by atoms with Crippen LogP contribution in [0.3, 0.4) is 0 Å². The van der Waals surface area contributed by atoms with Crippen LogP contribution in [0.25, 0.3) is 0 Å². The summed E-state index contributed by atoms with van der Waals surface area (Å²) < 4.78 is 22.0. The van der Waals surface area contributed by atoms with Gasteiger partial charge in [0.1, 0.15) is 6.17 Å². The van der Waals surface area contributed by atoms with Crippen molar-refractivity contribution in [2.45, 2.75) is 6.17 Å². The van der Waals surface area contributed by atoms with Crippen molar-refractivity contribution < 1.29 is 28.5 Å². The van der Waals surface area contributed by atoms with Crippen LogP contribution in [0.15, 0.2) is 0 Å². The van der Waals surface area contributed by atoms with Gasteiger partial charge in [0, 0.05) is 26.2 Å². The molecular formula is C16H32N4O6. The largest absolute Gasteiger partial charge is 0.378 e. The Labute approximate surface area is 154 Å². The molecule has 0 aromatic rings. The highest BCUT2D eigenvalue weighted by molar-refractivity contribution is 5.77. The molecule has 0 bridgehead atoms. The van der Waals surface area contributed by atoms with Crippen LogP contribution in [0.4, 0.5) is 0 Å². The first kappa shape index (κ1) is 22.9. The average Bonchev–Trinajstić information content (AvgIpc) is 2.66. The van der Waals surface area contributed by atoms with Crippen molar-refractivity contribution in [1.29, 1.82) is 0 Å². The van der Waals surface area contributed by atoms with Crippen molar-refractivity contribution in [2.24, 2.45) is 11.5 Å². The first-order valence-electron chi connectivity index (χ1n) is 8.92. The van der Waals surface area contributed by atoms with E-state index in [1.165, 1.54) is 0 Å². The number of rotatable bonds is 3. The van der Waals surface area contributed by atoms with Crippen LogP contribution in [0.1, 0.15) is 0 Å². The predicted molar refractivity (Wildman–Crippen MR) is 94.5 cm³/mol. The molecule has 10 nitrogen and oxygen atoms in total. The molecule has 1 heterocycles. The fraction of sp³-hybridized carbons (Fsp3) is 0.875. The lowest BCUT2D eigenvalue weighted by Crippen LogP contribution is -2.46. The zero-order valence-electron chi connectivity index (χ0n) is 15.3. The summed E-state index contributed by atoms with van der Waals surface area (Å²) in [6, 6.07) is 0. The lowest BCUT2D eigenvalue weighted by atomic mass is 10.4. The number of hydrogen-bond donors (Lipinski definition) is 2. The number of hydrogen-bond acceptors (Lipinski definition) is 9. The van der Waals surface area contributed by atoms with E-state index in [1.807, 2.05) is 0 Å². The Balaban J connectivity index is 2.43. The van der Waals surface area contributed by atoms with Gasteiger partial charge in [0.25, 0.3) is 0 Å². The minimum absolute atomic E-state index is 0.0361. The predicted octanol–water partition coefficient (Wildman–Crippen LogP) is -2.36. The van der Waals surface area contributed by atoms with Crippen LogP contribution >= 0.6 is 0 Å². The second-order valence-corrected chi connectivity index (χ2v) is 5.70. The quantitative estimate of drug-likeness (QED) is 0.520. The van der Waals surface area contributed by atoms with Gasteiger partial charge in [-0.2, -0.15) is 0 Å². The van der Waals surface area contributed by atoms with Crippen molar-refractivity contribution in [3.8, 4) is 0 Å². The van der Waals surface area contributed by atoms with E-state index in [9.17, 15) is 9.59 Å². The van der Waals surface area contributed by atoms with Crippen molar-refractivity contribution >= 4 is 12.2 Å². The SMILES string of the molecule is NCC(=O)N1CCOCCOCCN(C(N)C=O)CCOCCOCC1. The Hall–Kier alpha value is -1.14. The highest BCUT2D eigenvalue weighted by atomic mass is 16.5. The molecule has 1 unspecified atom stereocenters. The minimum Gasteiger partial charge on any atom is -0.378 e. The van der Waals surface area contributed by atoms with Gasteiger partial charge in [-0.15, -0.1) is 0 Å². The second-order valence-electron chi connectivity index (χ2n) is 5.70. The van der Waals surface area contributed by atoms with E-state index in [0.29, 0.717) is 85.3 Å². The molecule has 1 saturated heterocycles. The molecule has 0 spiro atoms. The summed E-state index contributed by atoms with van der Waals surface area (Å²) in [5.74, 6) is -0.134. The Morgan fingerprint density at radius 3 is 1.65 bits per heavy atom. The number of ether oxygens (including phenoxy) is 4. The van der Waals surface area contributed by atoms with E-state index < -0.39 is 6.17 Å². The molecule has 1 aliphatic rings. The first-order valence-corrected chi connectivity index (χ1v) is 8.92. The maximum absolute atomic E-state index is 11.8. The molecule has 0 aromatic carbocycles. The molecule has 4 N–H and O–H groups in total. The molecule has 1 fully saturated rings. The zero-order chi connectivity index (χ0) is 19.0. The van der Waals surface area contributed by atoms with Gasteiger partial charge in [-0.1, -0.05) is 0 Å². The number of carbonyl (C=O) groups is 2. The van der Waals surface area contributed by atoms with E-state index in [0.717, 1.165) is 0 Å². The van der Waals surface area contributed by atoms with Gasteiger partial charge in [-0.05, 0) is 0 Å². The molecule has 10 heteroatoms. The highest BCUT2D eigenvalue weighted by Crippen LogP contribution is 1.95. The first-order chi connectivity index (χ1) is 12.7. The molecule has 0 saturated carbocycles. The maximum Gasteiger partial charge on any atom is 0.236 e.